The van der Waals surface area contributed by atoms with E-state index in [-0.39, 0.29) is 17.2 Å². The van der Waals surface area contributed by atoms with Crippen molar-refractivity contribution in [3.05, 3.63) is 45.7 Å². The highest BCUT2D eigenvalue weighted by Gasteiger charge is 2.23. The maximum Gasteiger partial charge on any atom is 0.267 e. The maximum absolute atomic E-state index is 13.6. The number of carbonyl (C=O) groups is 1. The van der Waals surface area contributed by atoms with Gasteiger partial charge in [0.1, 0.15) is 4.83 Å². The number of amides is 1. The number of hydrogen-bond acceptors (Lipinski definition) is 6. The summed E-state index contributed by atoms with van der Waals surface area (Å²) < 4.78 is 2.90. The summed E-state index contributed by atoms with van der Waals surface area (Å²) in [7, 11) is 0. The zero-order chi connectivity index (χ0) is 20.4. The summed E-state index contributed by atoms with van der Waals surface area (Å²) in [4.78, 5) is 31.4. The van der Waals surface area contributed by atoms with Crippen LogP contribution in [0.2, 0.25) is 0 Å². The van der Waals surface area contributed by atoms with Crippen LogP contribution in [-0.2, 0) is 11.2 Å². The first kappa shape index (κ1) is 20.5. The van der Waals surface area contributed by atoms with Crippen LogP contribution in [-0.4, -0.2) is 33.5 Å². The number of aryl methyl sites for hydroxylation is 2. The molecule has 1 amide bonds. The van der Waals surface area contributed by atoms with Crippen LogP contribution >= 0.6 is 34.9 Å². The largest absolute Gasteiger partial charge is 0.355 e. The number of fused-ring (bicyclic) bond motifs is 3. The lowest BCUT2D eigenvalue weighted by Crippen LogP contribution is -2.27. The van der Waals surface area contributed by atoms with Gasteiger partial charge in [-0.3, -0.25) is 14.2 Å². The first-order valence-electron chi connectivity index (χ1n) is 9.76. The third kappa shape index (κ3) is 4.25. The molecule has 1 N–H and O–H groups in total. The lowest BCUT2D eigenvalue weighted by molar-refractivity contribution is -0.118. The molecule has 1 aromatic carbocycles. The highest BCUT2D eigenvalue weighted by Crippen LogP contribution is 2.40. The maximum atomic E-state index is 13.6. The Bertz CT molecular complexity index is 1120. The minimum atomic E-state index is -0.0389. The average Bonchev–Trinajstić information content (AvgIpc) is 3.09. The van der Waals surface area contributed by atoms with Crippen LogP contribution in [0, 0.1) is 6.92 Å². The van der Waals surface area contributed by atoms with Crippen LogP contribution in [0.1, 0.15) is 30.9 Å². The van der Waals surface area contributed by atoms with Gasteiger partial charge in [0.15, 0.2) is 5.16 Å². The standard InChI is InChI=1S/C21H23N3O2S3/c1-3-9-22-16(25)12-28-21-23-18-17(15-8-5-10-27-20(15)29-18)19(26)24(21)14-7-4-6-13(2)11-14/h4,6-7,11H,3,5,8-10,12H2,1-2H3,(H,22,25). The number of benzene rings is 1. The van der Waals surface area contributed by atoms with Crippen molar-refractivity contribution in [1.29, 1.82) is 0 Å². The van der Waals surface area contributed by atoms with Gasteiger partial charge >= 0.3 is 0 Å². The van der Waals surface area contributed by atoms with Crippen LogP contribution in [0.15, 0.2) is 38.4 Å². The average molecular weight is 446 g/mol. The molecular weight excluding hydrogens is 422 g/mol. The molecule has 5 nitrogen and oxygen atoms in total. The fraction of sp³-hybridized carbons (Fsp3) is 0.381. The summed E-state index contributed by atoms with van der Waals surface area (Å²) >= 11 is 4.75. The topological polar surface area (TPSA) is 64.0 Å². The molecule has 29 heavy (non-hydrogen) atoms. The van der Waals surface area contributed by atoms with Gasteiger partial charge in [0.2, 0.25) is 5.91 Å². The van der Waals surface area contributed by atoms with E-state index in [0.29, 0.717) is 11.7 Å². The summed E-state index contributed by atoms with van der Waals surface area (Å²) in [5, 5.41) is 4.21. The first-order valence-corrected chi connectivity index (χ1v) is 12.5. The smallest absolute Gasteiger partial charge is 0.267 e. The van der Waals surface area contributed by atoms with Crippen molar-refractivity contribution in [3.63, 3.8) is 0 Å². The van der Waals surface area contributed by atoms with Crippen molar-refractivity contribution in [2.75, 3.05) is 18.1 Å². The molecule has 3 heterocycles. The van der Waals surface area contributed by atoms with E-state index in [1.54, 1.807) is 15.9 Å². The molecule has 0 atom stereocenters. The molecule has 0 aliphatic carbocycles. The Hall–Kier alpha value is -1.77. The van der Waals surface area contributed by atoms with Gasteiger partial charge in [0, 0.05) is 6.54 Å². The molecule has 0 spiro atoms. The van der Waals surface area contributed by atoms with Crippen molar-refractivity contribution in [1.82, 2.24) is 14.9 Å². The van der Waals surface area contributed by atoms with E-state index in [0.717, 1.165) is 52.0 Å². The number of nitrogens with zero attached hydrogens (tertiary/aromatic N) is 2. The molecule has 1 aliphatic rings. The minimum absolute atomic E-state index is 0.0305. The predicted molar refractivity (Wildman–Crippen MR) is 123 cm³/mol. The van der Waals surface area contributed by atoms with E-state index in [1.807, 2.05) is 49.9 Å². The monoisotopic (exact) mass is 445 g/mol. The zero-order valence-electron chi connectivity index (χ0n) is 16.5. The number of carbonyl (C=O) groups excluding carboxylic acids is 1. The lowest BCUT2D eigenvalue weighted by atomic mass is 10.1. The molecular formula is C21H23N3O2S3. The van der Waals surface area contributed by atoms with Crippen LogP contribution < -0.4 is 10.9 Å². The number of nitrogens with one attached hydrogen (secondary N) is 1. The summed E-state index contributed by atoms with van der Waals surface area (Å²) in [6.07, 6.45) is 2.91. The first-order chi connectivity index (χ1) is 14.1. The number of aromatic nitrogens is 2. The van der Waals surface area contributed by atoms with Crippen molar-refractivity contribution in [3.8, 4) is 5.69 Å². The summed E-state index contributed by atoms with van der Waals surface area (Å²) in [5.41, 5.74) is 2.99. The molecule has 4 rings (SSSR count). The third-order valence-electron chi connectivity index (χ3n) is 4.73. The van der Waals surface area contributed by atoms with Crippen molar-refractivity contribution < 1.29 is 4.79 Å². The Morgan fingerprint density at radius 3 is 3.03 bits per heavy atom. The molecule has 0 saturated carbocycles. The van der Waals surface area contributed by atoms with Gasteiger partial charge in [-0.15, -0.1) is 23.1 Å². The Kier molecular flexibility index (Phi) is 6.32. The Labute approximate surface area is 182 Å². The molecule has 152 valence electrons. The van der Waals surface area contributed by atoms with Gasteiger partial charge in [-0.05, 0) is 55.2 Å². The molecule has 0 unspecified atom stereocenters. The highest BCUT2D eigenvalue weighted by atomic mass is 32.2. The third-order valence-corrected chi connectivity index (χ3v) is 8.19. The van der Waals surface area contributed by atoms with Gasteiger partial charge in [0.25, 0.3) is 5.56 Å². The van der Waals surface area contributed by atoms with E-state index < -0.39 is 0 Å². The second-order valence-corrected chi connectivity index (χ2v) is 10.3. The van der Waals surface area contributed by atoms with E-state index in [4.69, 9.17) is 4.98 Å². The number of thiophene rings is 1. The van der Waals surface area contributed by atoms with Gasteiger partial charge < -0.3 is 5.32 Å². The number of rotatable bonds is 6. The fourth-order valence-electron chi connectivity index (χ4n) is 3.36. The number of hydrogen-bond donors (Lipinski definition) is 1. The van der Waals surface area contributed by atoms with Crippen LogP contribution in [0.4, 0.5) is 0 Å². The van der Waals surface area contributed by atoms with Crippen molar-refractivity contribution in [2.24, 2.45) is 0 Å². The van der Waals surface area contributed by atoms with Gasteiger partial charge in [-0.1, -0.05) is 30.8 Å². The zero-order valence-corrected chi connectivity index (χ0v) is 18.9. The van der Waals surface area contributed by atoms with E-state index in [9.17, 15) is 9.59 Å². The molecule has 0 saturated heterocycles. The SMILES string of the molecule is CCCNC(=O)CSc1nc2sc3c(c2c(=O)n1-c1cccc(C)c1)CCCS3. The Morgan fingerprint density at radius 2 is 2.24 bits per heavy atom. The molecule has 0 radical (unpaired) electrons. The number of thioether (sulfide) groups is 2. The van der Waals surface area contributed by atoms with Crippen LogP contribution in [0.3, 0.4) is 0 Å². The van der Waals surface area contributed by atoms with E-state index >= 15 is 0 Å². The Balaban J connectivity index is 1.83. The van der Waals surface area contributed by atoms with Crippen molar-refractivity contribution >= 4 is 51.0 Å². The normalized spacial score (nSPS) is 13.4. The summed E-state index contributed by atoms with van der Waals surface area (Å²) in [5.74, 6) is 1.29. The second kappa shape index (κ2) is 8.93. The van der Waals surface area contributed by atoms with Crippen LogP contribution in [0.5, 0.6) is 0 Å². The second-order valence-electron chi connectivity index (χ2n) is 7.01. The molecule has 2 aromatic heterocycles. The lowest BCUT2D eigenvalue weighted by Gasteiger charge is -2.14. The predicted octanol–water partition coefficient (Wildman–Crippen LogP) is 4.41. The fourth-order valence-corrected chi connectivity index (χ4v) is 6.78. The minimum Gasteiger partial charge on any atom is -0.355 e. The summed E-state index contributed by atoms with van der Waals surface area (Å²) in [6, 6.07) is 7.87. The Morgan fingerprint density at radius 1 is 1.38 bits per heavy atom. The molecule has 1 aliphatic heterocycles. The van der Waals surface area contributed by atoms with E-state index in [2.05, 4.69) is 5.32 Å². The van der Waals surface area contributed by atoms with E-state index in [1.165, 1.54) is 16.0 Å². The molecule has 0 fully saturated rings. The molecule has 8 heteroatoms. The quantitative estimate of drug-likeness (QED) is 0.450. The van der Waals surface area contributed by atoms with Gasteiger partial charge in [-0.25, -0.2) is 4.98 Å². The molecule has 0 bridgehead atoms. The van der Waals surface area contributed by atoms with Crippen LogP contribution in [0.25, 0.3) is 15.9 Å². The van der Waals surface area contributed by atoms with Gasteiger partial charge in [-0.2, -0.15) is 0 Å². The summed E-state index contributed by atoms with van der Waals surface area (Å²) in [6.45, 7) is 4.69. The molecule has 3 aromatic rings. The highest BCUT2D eigenvalue weighted by molar-refractivity contribution is 8.01. The van der Waals surface area contributed by atoms with Gasteiger partial charge in [0.05, 0.1) is 21.0 Å². The van der Waals surface area contributed by atoms with Crippen molar-refractivity contribution in [2.45, 2.75) is 42.5 Å².